The molecule has 0 unspecified atom stereocenters. The third-order valence-corrected chi connectivity index (χ3v) is 3.34. The monoisotopic (exact) mass is 405 g/mol. The summed E-state index contributed by atoms with van der Waals surface area (Å²) in [6.07, 6.45) is 5.65. The van der Waals surface area contributed by atoms with E-state index in [1.165, 1.54) is 54.6 Å². The molecule has 0 aliphatic carbocycles. The highest BCUT2D eigenvalue weighted by Crippen LogP contribution is 2.11. The van der Waals surface area contributed by atoms with Gasteiger partial charge in [0.15, 0.2) is 0 Å². The van der Waals surface area contributed by atoms with Crippen molar-refractivity contribution in [1.29, 1.82) is 0 Å². The van der Waals surface area contributed by atoms with E-state index in [0.29, 0.717) is 5.75 Å². The van der Waals surface area contributed by atoms with E-state index in [1.807, 2.05) is 0 Å². The lowest BCUT2D eigenvalue weighted by molar-refractivity contribution is -0.136. The number of hydrogen-bond donors (Lipinski definition) is 5. The number of hydrogen-bond acceptors (Lipinski definition) is 6. The fourth-order valence-corrected chi connectivity index (χ4v) is 1.88. The number of carbonyl (C=O) groups is 1. The number of aliphatic hydroxyl groups excluding tert-OH is 3. The van der Waals surface area contributed by atoms with Crippen molar-refractivity contribution < 1.29 is 34.3 Å². The summed E-state index contributed by atoms with van der Waals surface area (Å²) >= 11 is 0. The molecular weight excluding hydrogens is 381 g/mol. The summed E-state index contributed by atoms with van der Waals surface area (Å²) < 4.78 is 18.1. The van der Waals surface area contributed by atoms with Crippen LogP contribution in [0.2, 0.25) is 0 Å². The number of ether oxygens (including phenoxy) is 1. The Morgan fingerprint density at radius 3 is 2.48 bits per heavy atom. The van der Waals surface area contributed by atoms with Crippen LogP contribution >= 0.6 is 0 Å². The van der Waals surface area contributed by atoms with Crippen molar-refractivity contribution >= 4 is 5.97 Å². The highest BCUT2D eigenvalue weighted by molar-refractivity contribution is 5.68. The second-order valence-electron chi connectivity index (χ2n) is 5.81. The van der Waals surface area contributed by atoms with Gasteiger partial charge in [0.05, 0.1) is 18.8 Å². The van der Waals surface area contributed by atoms with E-state index in [9.17, 15) is 24.5 Å². The van der Waals surface area contributed by atoms with Crippen LogP contribution in [-0.2, 0) is 4.79 Å². The third-order valence-electron chi connectivity index (χ3n) is 3.34. The number of halogens is 1. The van der Waals surface area contributed by atoms with Gasteiger partial charge in [-0.1, -0.05) is 30.1 Å². The van der Waals surface area contributed by atoms with E-state index in [0.717, 1.165) is 0 Å². The van der Waals surface area contributed by atoms with Crippen LogP contribution in [-0.4, -0.2) is 64.4 Å². The van der Waals surface area contributed by atoms with Crippen LogP contribution in [0.15, 0.2) is 60.7 Å². The SMILES string of the molecule is O=C(O)CNC[C@H](O)[C@H](O)/C=C/C=C/C#C/C=C/[C@H](O)COc1ccc(F)cc1. The molecule has 1 aromatic rings. The molecule has 0 saturated carbocycles. The van der Waals surface area contributed by atoms with E-state index < -0.39 is 24.3 Å². The molecule has 3 atom stereocenters. The number of aliphatic carboxylic acids is 1. The van der Waals surface area contributed by atoms with Gasteiger partial charge in [0.2, 0.25) is 0 Å². The molecule has 0 aliphatic rings. The molecule has 0 heterocycles. The second kappa shape index (κ2) is 14.1. The van der Waals surface area contributed by atoms with Gasteiger partial charge < -0.3 is 30.5 Å². The summed E-state index contributed by atoms with van der Waals surface area (Å²) in [7, 11) is 0. The lowest BCUT2D eigenvalue weighted by atomic mass is 10.2. The number of carboxylic acid groups (broad SMARTS) is 1. The van der Waals surface area contributed by atoms with Crippen LogP contribution in [0.1, 0.15) is 0 Å². The standard InChI is InChI=1S/C21H24FNO6/c22-16-9-11-18(12-10-16)29-15-17(24)7-5-3-1-2-4-6-8-19(25)20(26)13-23-14-21(27)28/h2,4-12,17,19-20,23-26H,13-15H2,(H,27,28)/b4-2+,7-5+,8-6+/t17-,19+,20-/m0/s1. The second-order valence-corrected chi connectivity index (χ2v) is 5.81. The van der Waals surface area contributed by atoms with E-state index in [-0.39, 0.29) is 25.5 Å². The highest BCUT2D eigenvalue weighted by atomic mass is 19.1. The first-order valence-corrected chi connectivity index (χ1v) is 8.74. The lowest BCUT2D eigenvalue weighted by Crippen LogP contribution is -2.37. The Bertz CT molecular complexity index is 764. The molecule has 7 nitrogen and oxygen atoms in total. The molecule has 8 heteroatoms. The van der Waals surface area contributed by atoms with Crippen molar-refractivity contribution in [3.05, 3.63) is 66.5 Å². The number of rotatable bonds is 11. The first kappa shape index (κ1) is 24.1. The Morgan fingerprint density at radius 2 is 1.79 bits per heavy atom. The number of aliphatic hydroxyl groups is 3. The average Bonchev–Trinajstić information content (AvgIpc) is 2.69. The van der Waals surface area contributed by atoms with Crippen LogP contribution in [0.25, 0.3) is 0 Å². The quantitative estimate of drug-likeness (QED) is 0.271. The van der Waals surface area contributed by atoms with Crippen molar-refractivity contribution in [1.82, 2.24) is 5.32 Å². The molecule has 5 N–H and O–H groups in total. The largest absolute Gasteiger partial charge is 0.491 e. The molecule has 0 spiro atoms. The molecule has 156 valence electrons. The first-order valence-electron chi connectivity index (χ1n) is 8.74. The minimum Gasteiger partial charge on any atom is -0.491 e. The Hall–Kier alpha value is -2.96. The van der Waals surface area contributed by atoms with E-state index >= 15 is 0 Å². The Kier molecular flexibility index (Phi) is 11.7. The molecule has 0 aliphatic heterocycles. The van der Waals surface area contributed by atoms with Gasteiger partial charge in [-0.3, -0.25) is 4.79 Å². The van der Waals surface area contributed by atoms with Crippen molar-refractivity contribution in [2.45, 2.75) is 18.3 Å². The number of allylic oxidation sites excluding steroid dienone is 4. The predicted molar refractivity (Wildman–Crippen MR) is 106 cm³/mol. The zero-order chi connectivity index (χ0) is 21.5. The lowest BCUT2D eigenvalue weighted by Gasteiger charge is -2.14. The van der Waals surface area contributed by atoms with E-state index in [4.69, 9.17) is 9.84 Å². The van der Waals surface area contributed by atoms with Crippen molar-refractivity contribution in [3.63, 3.8) is 0 Å². The van der Waals surface area contributed by atoms with Gasteiger partial charge in [-0.15, -0.1) is 0 Å². The van der Waals surface area contributed by atoms with Crippen LogP contribution in [0, 0.1) is 17.7 Å². The summed E-state index contributed by atoms with van der Waals surface area (Å²) in [5, 5.41) is 40.0. The minimum absolute atomic E-state index is 0.00390. The number of nitrogens with one attached hydrogen (secondary N) is 1. The predicted octanol–water partition coefficient (Wildman–Crippen LogP) is 0.633. The molecule has 29 heavy (non-hydrogen) atoms. The summed E-state index contributed by atoms with van der Waals surface area (Å²) in [6.45, 7) is -0.354. The van der Waals surface area contributed by atoms with Crippen LogP contribution in [0.4, 0.5) is 4.39 Å². The first-order chi connectivity index (χ1) is 13.9. The summed E-state index contributed by atoms with van der Waals surface area (Å²) in [5.41, 5.74) is 0. The zero-order valence-electron chi connectivity index (χ0n) is 15.6. The van der Waals surface area contributed by atoms with Gasteiger partial charge in [-0.05, 0) is 42.5 Å². The maximum absolute atomic E-state index is 12.8. The van der Waals surface area contributed by atoms with Crippen molar-refractivity contribution in [2.75, 3.05) is 19.7 Å². The number of benzene rings is 1. The van der Waals surface area contributed by atoms with Gasteiger partial charge in [-0.25, -0.2) is 4.39 Å². The van der Waals surface area contributed by atoms with Crippen LogP contribution in [0.5, 0.6) is 5.75 Å². The molecule has 1 rings (SSSR count). The van der Waals surface area contributed by atoms with Crippen molar-refractivity contribution in [2.24, 2.45) is 0 Å². The maximum atomic E-state index is 12.8. The van der Waals surface area contributed by atoms with Gasteiger partial charge in [-0.2, -0.15) is 0 Å². The van der Waals surface area contributed by atoms with Crippen LogP contribution in [0.3, 0.4) is 0 Å². The number of carboxylic acids is 1. The molecule has 0 amide bonds. The summed E-state index contributed by atoms with van der Waals surface area (Å²) in [5.74, 6) is 4.40. The van der Waals surface area contributed by atoms with Gasteiger partial charge in [0.1, 0.15) is 24.3 Å². The zero-order valence-corrected chi connectivity index (χ0v) is 15.6. The topological polar surface area (TPSA) is 119 Å². The van der Waals surface area contributed by atoms with E-state index in [2.05, 4.69) is 17.2 Å². The average molecular weight is 405 g/mol. The molecule has 0 aromatic heterocycles. The third kappa shape index (κ3) is 12.2. The Morgan fingerprint density at radius 1 is 1.10 bits per heavy atom. The molecule has 0 radical (unpaired) electrons. The smallest absolute Gasteiger partial charge is 0.317 e. The molecule has 0 fully saturated rings. The minimum atomic E-state index is -1.15. The van der Waals surface area contributed by atoms with Gasteiger partial charge in [0, 0.05) is 6.54 Å². The molecule has 0 bridgehead atoms. The maximum Gasteiger partial charge on any atom is 0.317 e. The summed E-state index contributed by atoms with van der Waals surface area (Å²) in [4.78, 5) is 10.3. The van der Waals surface area contributed by atoms with Gasteiger partial charge in [0.25, 0.3) is 0 Å². The molecular formula is C21H24FNO6. The van der Waals surface area contributed by atoms with Gasteiger partial charge >= 0.3 is 5.97 Å². The molecule has 1 aromatic carbocycles. The normalized spacial score (nSPS) is 14.6. The van der Waals surface area contributed by atoms with Crippen molar-refractivity contribution in [3.8, 4) is 17.6 Å². The highest BCUT2D eigenvalue weighted by Gasteiger charge is 2.12. The van der Waals surface area contributed by atoms with E-state index in [1.54, 1.807) is 6.08 Å². The fourth-order valence-electron chi connectivity index (χ4n) is 1.88. The molecule has 0 saturated heterocycles. The fraction of sp³-hybridized carbons (Fsp3) is 0.286. The van der Waals surface area contributed by atoms with Crippen LogP contribution < -0.4 is 10.1 Å². The Balaban J connectivity index is 2.27. The summed E-state index contributed by atoms with van der Waals surface area (Å²) in [6, 6.07) is 5.46. The Labute approximate surface area is 168 Å².